The van der Waals surface area contributed by atoms with Crippen LogP contribution in [-0.4, -0.2) is 28.2 Å². The fourth-order valence-corrected chi connectivity index (χ4v) is 1.37. The summed E-state index contributed by atoms with van der Waals surface area (Å²) in [4.78, 5) is 13.0. The van der Waals surface area contributed by atoms with E-state index >= 15 is 0 Å². The maximum atomic E-state index is 11.7. The van der Waals surface area contributed by atoms with Crippen LogP contribution < -0.4 is 0 Å². The molecule has 1 aliphatic heterocycles. The summed E-state index contributed by atoms with van der Waals surface area (Å²) in [7, 11) is 0. The number of aliphatic hydroxyl groups excluding tert-OH is 1. The molecule has 0 spiro atoms. The maximum Gasteiger partial charge on any atom is 0.417 e. The minimum atomic E-state index is -0.524. The van der Waals surface area contributed by atoms with Crippen molar-refractivity contribution in [2.24, 2.45) is 0 Å². The standard InChI is InChI=1S/C11H19NO3/c1-11(2,3)15-10(14)12-8-6-4-5-7-9(12)13/h7,13H,4-6,8H2,1-3H3. The number of aliphatic hydroxyl groups is 1. The van der Waals surface area contributed by atoms with Crippen molar-refractivity contribution in [3.63, 3.8) is 0 Å². The highest BCUT2D eigenvalue weighted by atomic mass is 16.6. The van der Waals surface area contributed by atoms with Gasteiger partial charge in [0, 0.05) is 6.54 Å². The Hall–Kier alpha value is -1.19. The highest BCUT2D eigenvalue weighted by Gasteiger charge is 2.25. The third-order valence-corrected chi connectivity index (χ3v) is 2.05. The van der Waals surface area contributed by atoms with Crippen LogP contribution in [0, 0.1) is 0 Å². The van der Waals surface area contributed by atoms with Gasteiger partial charge in [-0.25, -0.2) is 9.69 Å². The van der Waals surface area contributed by atoms with Crippen LogP contribution in [0.15, 0.2) is 12.0 Å². The van der Waals surface area contributed by atoms with Crippen LogP contribution >= 0.6 is 0 Å². The molecular weight excluding hydrogens is 194 g/mol. The third kappa shape index (κ3) is 3.81. The molecule has 0 fully saturated rings. The number of hydrogen-bond acceptors (Lipinski definition) is 3. The van der Waals surface area contributed by atoms with Crippen LogP contribution in [-0.2, 0) is 4.74 Å². The van der Waals surface area contributed by atoms with Gasteiger partial charge in [0.2, 0.25) is 0 Å². The van der Waals surface area contributed by atoms with Gasteiger partial charge in [0.25, 0.3) is 0 Å². The third-order valence-electron chi connectivity index (χ3n) is 2.05. The molecule has 0 radical (unpaired) electrons. The van der Waals surface area contributed by atoms with Crippen LogP contribution in [0.5, 0.6) is 0 Å². The average molecular weight is 213 g/mol. The Labute approximate surface area is 90.5 Å². The van der Waals surface area contributed by atoms with Gasteiger partial charge in [0.15, 0.2) is 5.88 Å². The zero-order chi connectivity index (χ0) is 11.5. The number of nitrogens with zero attached hydrogens (tertiary/aromatic N) is 1. The smallest absolute Gasteiger partial charge is 0.417 e. The maximum absolute atomic E-state index is 11.7. The van der Waals surface area contributed by atoms with Crippen molar-refractivity contribution in [1.29, 1.82) is 0 Å². The molecule has 1 aliphatic rings. The van der Waals surface area contributed by atoms with Gasteiger partial charge in [-0.15, -0.1) is 0 Å². The van der Waals surface area contributed by atoms with Gasteiger partial charge in [-0.3, -0.25) is 0 Å². The molecule has 0 saturated carbocycles. The van der Waals surface area contributed by atoms with E-state index in [0.717, 1.165) is 19.3 Å². The van der Waals surface area contributed by atoms with Gasteiger partial charge in [0.05, 0.1) is 0 Å². The summed E-state index contributed by atoms with van der Waals surface area (Å²) in [6.07, 6.45) is 3.88. The van der Waals surface area contributed by atoms with E-state index in [4.69, 9.17) is 4.74 Å². The Balaban J connectivity index is 2.65. The number of hydrogen-bond donors (Lipinski definition) is 1. The fourth-order valence-electron chi connectivity index (χ4n) is 1.37. The van der Waals surface area contributed by atoms with Gasteiger partial charge < -0.3 is 9.84 Å². The highest BCUT2D eigenvalue weighted by Crippen LogP contribution is 2.16. The van der Waals surface area contributed by atoms with Crippen molar-refractivity contribution in [2.45, 2.75) is 45.6 Å². The molecule has 4 nitrogen and oxygen atoms in total. The van der Waals surface area contributed by atoms with Gasteiger partial charge in [-0.05, 0) is 46.1 Å². The topological polar surface area (TPSA) is 49.8 Å². The average Bonchev–Trinajstić information content (AvgIpc) is 2.26. The number of rotatable bonds is 0. The molecule has 1 N–H and O–H groups in total. The lowest BCUT2D eigenvalue weighted by Crippen LogP contribution is -2.36. The van der Waals surface area contributed by atoms with E-state index in [1.807, 2.05) is 20.8 Å². The molecule has 4 heteroatoms. The normalized spacial score (nSPS) is 18.1. The van der Waals surface area contributed by atoms with Crippen molar-refractivity contribution in [3.05, 3.63) is 12.0 Å². The van der Waals surface area contributed by atoms with Gasteiger partial charge in [-0.1, -0.05) is 0 Å². The highest BCUT2D eigenvalue weighted by molar-refractivity contribution is 5.70. The Morgan fingerprint density at radius 1 is 1.47 bits per heavy atom. The Kier molecular flexibility index (Phi) is 3.61. The van der Waals surface area contributed by atoms with E-state index in [1.54, 1.807) is 6.08 Å². The number of carbonyl (C=O) groups excluding carboxylic acids is 1. The second kappa shape index (κ2) is 4.55. The predicted molar refractivity (Wildman–Crippen MR) is 57.5 cm³/mol. The molecule has 0 saturated heterocycles. The lowest BCUT2D eigenvalue weighted by Gasteiger charge is -2.25. The van der Waals surface area contributed by atoms with Crippen molar-refractivity contribution in [2.75, 3.05) is 6.54 Å². The first-order valence-corrected chi connectivity index (χ1v) is 5.30. The van der Waals surface area contributed by atoms with E-state index in [-0.39, 0.29) is 5.88 Å². The number of amides is 1. The molecule has 1 heterocycles. The van der Waals surface area contributed by atoms with Gasteiger partial charge in [-0.2, -0.15) is 0 Å². The van der Waals surface area contributed by atoms with Crippen molar-refractivity contribution >= 4 is 6.09 Å². The van der Waals surface area contributed by atoms with Crippen LogP contribution in [0.2, 0.25) is 0 Å². The van der Waals surface area contributed by atoms with E-state index < -0.39 is 11.7 Å². The van der Waals surface area contributed by atoms with E-state index in [1.165, 1.54) is 4.90 Å². The lowest BCUT2D eigenvalue weighted by atomic mass is 10.2. The molecule has 0 aromatic carbocycles. The summed E-state index contributed by atoms with van der Waals surface area (Å²) in [5, 5.41) is 9.60. The van der Waals surface area contributed by atoms with Gasteiger partial charge >= 0.3 is 6.09 Å². The minimum absolute atomic E-state index is 0.0155. The van der Waals surface area contributed by atoms with Crippen LogP contribution in [0.25, 0.3) is 0 Å². The van der Waals surface area contributed by atoms with Crippen molar-refractivity contribution < 1.29 is 14.6 Å². The largest absolute Gasteiger partial charge is 0.495 e. The quantitative estimate of drug-likeness (QED) is 0.673. The van der Waals surface area contributed by atoms with E-state index in [0.29, 0.717) is 6.54 Å². The summed E-state index contributed by atoms with van der Waals surface area (Å²) in [5.41, 5.74) is -0.524. The number of ether oxygens (including phenoxy) is 1. The molecule has 86 valence electrons. The molecule has 0 atom stereocenters. The number of allylic oxidation sites excluding steroid dienone is 1. The monoisotopic (exact) mass is 213 g/mol. The lowest BCUT2D eigenvalue weighted by molar-refractivity contribution is 0.0231. The molecule has 0 bridgehead atoms. The Bertz CT molecular complexity index is 265. The Morgan fingerprint density at radius 3 is 2.73 bits per heavy atom. The second-order valence-corrected chi connectivity index (χ2v) is 4.69. The first-order valence-electron chi connectivity index (χ1n) is 5.30. The molecule has 0 unspecified atom stereocenters. The summed E-state index contributed by atoms with van der Waals surface area (Å²) >= 11 is 0. The van der Waals surface area contributed by atoms with E-state index in [2.05, 4.69) is 0 Å². The summed E-state index contributed by atoms with van der Waals surface area (Å²) in [6, 6.07) is 0. The number of carbonyl (C=O) groups is 1. The fraction of sp³-hybridized carbons (Fsp3) is 0.727. The van der Waals surface area contributed by atoms with Crippen LogP contribution in [0.4, 0.5) is 4.79 Å². The van der Waals surface area contributed by atoms with Crippen LogP contribution in [0.1, 0.15) is 40.0 Å². The SMILES string of the molecule is CC(C)(C)OC(=O)N1CCCCC=C1O. The van der Waals surface area contributed by atoms with Gasteiger partial charge in [0.1, 0.15) is 5.60 Å². The molecule has 0 aliphatic carbocycles. The van der Waals surface area contributed by atoms with Crippen LogP contribution in [0.3, 0.4) is 0 Å². The van der Waals surface area contributed by atoms with Crippen molar-refractivity contribution in [3.8, 4) is 0 Å². The minimum Gasteiger partial charge on any atom is -0.495 e. The zero-order valence-corrected chi connectivity index (χ0v) is 9.62. The first-order chi connectivity index (χ1) is 6.90. The zero-order valence-electron chi connectivity index (χ0n) is 9.62. The summed E-state index contributed by atoms with van der Waals surface area (Å²) < 4.78 is 5.19. The van der Waals surface area contributed by atoms with E-state index in [9.17, 15) is 9.90 Å². The molecule has 0 aromatic rings. The summed E-state index contributed by atoms with van der Waals surface area (Å²) in [5.74, 6) is 0.0155. The Morgan fingerprint density at radius 2 is 2.13 bits per heavy atom. The second-order valence-electron chi connectivity index (χ2n) is 4.69. The molecule has 0 aromatic heterocycles. The molecule has 1 rings (SSSR count). The molecular formula is C11H19NO3. The predicted octanol–water partition coefficient (Wildman–Crippen LogP) is 2.81. The summed E-state index contributed by atoms with van der Waals surface area (Å²) in [6.45, 7) is 5.95. The first kappa shape index (κ1) is 11.9. The molecule has 15 heavy (non-hydrogen) atoms. The molecule has 1 amide bonds. The van der Waals surface area contributed by atoms with Crippen molar-refractivity contribution in [1.82, 2.24) is 4.90 Å².